The second-order valence-electron chi connectivity index (χ2n) is 15.2. The Morgan fingerprint density at radius 1 is 0.980 bits per heavy atom. The van der Waals surface area contributed by atoms with Crippen molar-refractivity contribution in [2.24, 2.45) is 32.7 Å². The minimum atomic E-state index is -0.177. The SMILES string of the molecule is CCc1c(C)c2[nH]c1=CC1=C(C)C3=C(O)CC(=C4N=C(C=C5N=C(C=2)C(CO)=C5C)C(C)=C4CCC(=O)OC2CC(C)CCC2C(C)C)C3=N1. The van der Waals surface area contributed by atoms with E-state index in [4.69, 9.17) is 19.7 Å². The maximum Gasteiger partial charge on any atom is 0.306 e. The molecule has 3 unspecified atom stereocenters. The van der Waals surface area contributed by atoms with Gasteiger partial charge in [-0.2, -0.15) is 0 Å². The highest BCUT2D eigenvalue weighted by molar-refractivity contribution is 6.25. The van der Waals surface area contributed by atoms with E-state index in [9.17, 15) is 15.0 Å². The van der Waals surface area contributed by atoms with Gasteiger partial charge in [-0.05, 0) is 123 Å². The second kappa shape index (κ2) is 13.1. The van der Waals surface area contributed by atoms with E-state index in [1.807, 2.05) is 32.9 Å². The van der Waals surface area contributed by atoms with Crippen LogP contribution in [0.4, 0.5) is 0 Å². The zero-order valence-corrected chi connectivity index (χ0v) is 30.8. The topological polar surface area (TPSA) is 120 Å². The van der Waals surface area contributed by atoms with Gasteiger partial charge < -0.3 is 19.9 Å². The van der Waals surface area contributed by atoms with E-state index >= 15 is 0 Å². The lowest BCUT2D eigenvalue weighted by atomic mass is 9.75. The van der Waals surface area contributed by atoms with Crippen molar-refractivity contribution in [1.29, 1.82) is 0 Å². The van der Waals surface area contributed by atoms with Crippen molar-refractivity contribution in [3.63, 3.8) is 0 Å². The number of nitrogens with one attached hydrogen (secondary N) is 1. The molecule has 1 aromatic heterocycles. The van der Waals surface area contributed by atoms with Crippen LogP contribution in [0.2, 0.25) is 0 Å². The molecule has 0 aromatic carbocycles. The first kappa shape index (κ1) is 34.2. The first-order valence-corrected chi connectivity index (χ1v) is 18.4. The van der Waals surface area contributed by atoms with Crippen molar-refractivity contribution in [3.05, 3.63) is 89.8 Å². The number of carbonyl (C=O) groups is 1. The van der Waals surface area contributed by atoms with Gasteiger partial charge >= 0.3 is 5.97 Å². The molecule has 1 saturated carbocycles. The van der Waals surface area contributed by atoms with E-state index in [-0.39, 0.29) is 25.1 Å². The zero-order chi connectivity index (χ0) is 35.6. The normalized spacial score (nSPS) is 24.6. The third-order valence-electron chi connectivity index (χ3n) is 11.8. The Labute approximate surface area is 295 Å². The molecule has 8 bridgehead atoms. The van der Waals surface area contributed by atoms with Crippen LogP contribution in [0, 0.1) is 24.7 Å². The summed E-state index contributed by atoms with van der Waals surface area (Å²) in [6.07, 6.45) is 11.1. The summed E-state index contributed by atoms with van der Waals surface area (Å²) in [6.45, 7) is 16.9. The molecular formula is C42H50N4O4. The molecule has 6 aliphatic rings. The number of H-pyrrole nitrogens is 1. The number of ether oxygens (including phenoxy) is 1. The average molecular weight is 675 g/mol. The van der Waals surface area contributed by atoms with Crippen LogP contribution in [0.5, 0.6) is 0 Å². The molecule has 5 heterocycles. The maximum atomic E-state index is 13.5. The summed E-state index contributed by atoms with van der Waals surface area (Å²) in [6, 6.07) is 0. The van der Waals surface area contributed by atoms with Crippen LogP contribution in [-0.2, 0) is 16.0 Å². The lowest BCUT2D eigenvalue weighted by Crippen LogP contribution is -2.35. The van der Waals surface area contributed by atoms with E-state index in [1.165, 1.54) is 12.0 Å². The van der Waals surface area contributed by atoms with Gasteiger partial charge in [-0.3, -0.25) is 4.79 Å². The van der Waals surface area contributed by atoms with E-state index in [1.54, 1.807) is 0 Å². The second-order valence-corrected chi connectivity index (χ2v) is 15.2. The van der Waals surface area contributed by atoms with E-state index in [2.05, 4.69) is 45.7 Å². The van der Waals surface area contributed by atoms with Gasteiger partial charge in [0, 0.05) is 40.3 Å². The Morgan fingerprint density at radius 3 is 2.48 bits per heavy atom. The minimum absolute atomic E-state index is 0.0497. The number of aromatic amines is 1. The van der Waals surface area contributed by atoms with Gasteiger partial charge in [-0.1, -0.05) is 34.1 Å². The molecule has 262 valence electrons. The zero-order valence-electron chi connectivity index (χ0n) is 30.8. The van der Waals surface area contributed by atoms with Crippen molar-refractivity contribution in [1.82, 2.24) is 4.98 Å². The third kappa shape index (κ3) is 5.75. The summed E-state index contributed by atoms with van der Waals surface area (Å²) in [5.74, 6) is 1.51. The van der Waals surface area contributed by atoms with Gasteiger partial charge in [0.05, 0.1) is 40.8 Å². The average Bonchev–Trinajstić information content (AvgIpc) is 3.82. The molecule has 3 atom stereocenters. The molecule has 0 radical (unpaired) electrons. The smallest absolute Gasteiger partial charge is 0.306 e. The van der Waals surface area contributed by atoms with Crippen molar-refractivity contribution < 1.29 is 19.7 Å². The number of aromatic nitrogens is 1. The van der Waals surface area contributed by atoms with Gasteiger partial charge in [-0.15, -0.1) is 0 Å². The van der Waals surface area contributed by atoms with E-state index in [0.717, 1.165) is 109 Å². The van der Waals surface area contributed by atoms with Gasteiger partial charge in [0.1, 0.15) is 11.9 Å². The Bertz CT molecular complexity index is 2120. The monoisotopic (exact) mass is 674 g/mol. The van der Waals surface area contributed by atoms with Crippen molar-refractivity contribution in [2.75, 3.05) is 6.61 Å². The molecule has 1 aromatic rings. The predicted molar refractivity (Wildman–Crippen MR) is 200 cm³/mol. The number of esters is 1. The van der Waals surface area contributed by atoms with Crippen LogP contribution in [0.25, 0.3) is 12.2 Å². The fourth-order valence-corrected chi connectivity index (χ4v) is 8.71. The molecule has 0 amide bonds. The maximum absolute atomic E-state index is 13.5. The number of hydrogen-bond donors (Lipinski definition) is 3. The van der Waals surface area contributed by atoms with Crippen molar-refractivity contribution in [2.45, 2.75) is 106 Å². The molecule has 7 rings (SSSR count). The summed E-state index contributed by atoms with van der Waals surface area (Å²) < 4.78 is 6.21. The standard InChI is InChI=1S/C42H50N4O4/c1-9-26-22(5)32-17-36-30(19-47)24(7)31(44-36)16-33-23(6)28(12-13-39(49)50-38-14-21(4)10-11-27(38)20(2)3)41(45-33)29-15-37(48)40-25(8)34(46-42(29)40)18-35(26)43-32/h16-18,20-21,27,38,43,47-48H,9-15,19H2,1-8H3. The van der Waals surface area contributed by atoms with Crippen LogP contribution < -0.4 is 10.7 Å². The third-order valence-corrected chi connectivity index (χ3v) is 11.8. The number of hydrogen-bond acceptors (Lipinski definition) is 7. The number of fused-ring (bicyclic) bond motifs is 5. The summed E-state index contributed by atoms with van der Waals surface area (Å²) in [5, 5.41) is 23.8. The minimum Gasteiger partial charge on any atom is -0.511 e. The molecule has 3 N–H and O–H groups in total. The van der Waals surface area contributed by atoms with Crippen LogP contribution >= 0.6 is 0 Å². The summed E-state index contributed by atoms with van der Waals surface area (Å²) in [4.78, 5) is 32.5. The van der Waals surface area contributed by atoms with Gasteiger partial charge in [0.2, 0.25) is 0 Å². The van der Waals surface area contributed by atoms with E-state index < -0.39 is 0 Å². The van der Waals surface area contributed by atoms with Crippen molar-refractivity contribution >= 4 is 35.3 Å². The predicted octanol–water partition coefficient (Wildman–Crippen LogP) is 6.86. The van der Waals surface area contributed by atoms with Crippen molar-refractivity contribution in [3.8, 4) is 0 Å². The number of allylic oxidation sites excluding steroid dienone is 8. The van der Waals surface area contributed by atoms with Crippen LogP contribution in [0.15, 0.2) is 82.9 Å². The number of nitrogens with zero attached hydrogens (tertiary/aromatic N) is 3. The Hall–Kier alpha value is -4.30. The summed E-state index contributed by atoms with van der Waals surface area (Å²) in [7, 11) is 0. The van der Waals surface area contributed by atoms with E-state index in [0.29, 0.717) is 36.4 Å². The highest BCUT2D eigenvalue weighted by atomic mass is 16.5. The molecule has 4 aliphatic heterocycles. The Morgan fingerprint density at radius 2 is 1.76 bits per heavy atom. The lowest BCUT2D eigenvalue weighted by Gasteiger charge is -2.36. The lowest BCUT2D eigenvalue weighted by molar-refractivity contribution is -0.155. The number of rotatable bonds is 7. The number of aliphatic hydroxyl groups is 2. The first-order valence-electron chi connectivity index (χ1n) is 18.4. The first-order chi connectivity index (χ1) is 23.9. The molecule has 8 heteroatoms. The molecular weight excluding hydrogens is 624 g/mol. The molecule has 8 nitrogen and oxygen atoms in total. The highest BCUT2D eigenvalue weighted by Crippen LogP contribution is 2.44. The number of aliphatic hydroxyl groups excluding tert-OH is 2. The van der Waals surface area contributed by atoms with Gasteiger partial charge in [-0.25, -0.2) is 15.0 Å². The summed E-state index contributed by atoms with van der Waals surface area (Å²) >= 11 is 0. The van der Waals surface area contributed by atoms with Crippen LogP contribution in [0.1, 0.15) is 98.1 Å². The van der Waals surface area contributed by atoms with Crippen LogP contribution in [-0.4, -0.2) is 51.0 Å². The largest absolute Gasteiger partial charge is 0.511 e. The Kier molecular flexibility index (Phi) is 8.96. The molecule has 0 spiro atoms. The quantitative estimate of drug-likeness (QED) is 0.274. The van der Waals surface area contributed by atoms with Gasteiger partial charge in [0.25, 0.3) is 0 Å². The highest BCUT2D eigenvalue weighted by Gasteiger charge is 2.38. The molecule has 0 saturated heterocycles. The molecule has 50 heavy (non-hydrogen) atoms. The van der Waals surface area contributed by atoms with Gasteiger partial charge in [0.15, 0.2) is 0 Å². The van der Waals surface area contributed by atoms with Crippen LogP contribution in [0.3, 0.4) is 0 Å². The Balaban J connectivity index is 1.33. The fourth-order valence-electron chi connectivity index (χ4n) is 8.71. The molecule has 2 aliphatic carbocycles. The molecule has 1 fully saturated rings. The summed E-state index contributed by atoms with van der Waals surface area (Å²) in [5.41, 5.74) is 13.1. The number of aliphatic imine (C=N–C) groups is 3. The number of carbonyl (C=O) groups excluding carboxylic acids is 1. The fraction of sp³-hybridized carbons (Fsp3) is 0.476.